The van der Waals surface area contributed by atoms with Crippen LogP contribution in [0.4, 0.5) is 0 Å². The minimum atomic E-state index is -1.72. The third-order valence-corrected chi connectivity index (χ3v) is 7.01. The van der Waals surface area contributed by atoms with E-state index in [2.05, 4.69) is 9.97 Å². The second-order valence-corrected chi connectivity index (χ2v) is 16.0. The van der Waals surface area contributed by atoms with Gasteiger partial charge in [0.25, 0.3) is 0 Å². The topological polar surface area (TPSA) is 46.5 Å². The molecule has 2 aliphatic rings. The summed E-state index contributed by atoms with van der Waals surface area (Å²) in [5, 5.41) is 1.16. The summed E-state index contributed by atoms with van der Waals surface area (Å²) >= 11 is 25.5. The van der Waals surface area contributed by atoms with E-state index in [9.17, 15) is 0 Å². The lowest BCUT2D eigenvalue weighted by atomic mass is 10.1. The summed E-state index contributed by atoms with van der Waals surface area (Å²) in [5.74, 6) is 0. The number of nitrogens with one attached hydrogen (secondary N) is 1. The van der Waals surface area contributed by atoms with Crippen LogP contribution in [0.25, 0.3) is 57.5 Å². The maximum absolute atomic E-state index is 6.94. The molecule has 3 aromatic heterocycles. The van der Waals surface area contributed by atoms with E-state index in [0.717, 1.165) is 39.4 Å². The average Bonchev–Trinajstić information content (AvgIpc) is 3.63. The summed E-state index contributed by atoms with van der Waals surface area (Å²) in [4.78, 5) is 12.6. The van der Waals surface area contributed by atoms with Crippen LogP contribution in [0, 0.1) is 0 Å². The van der Waals surface area contributed by atoms with Crippen molar-refractivity contribution in [3.8, 4) is 11.1 Å². The average molecular weight is 658 g/mol. The smallest absolute Gasteiger partial charge is 0.353 e. The molecule has 0 saturated heterocycles. The Balaban J connectivity index is 0.000000689. The lowest BCUT2D eigenvalue weighted by Crippen LogP contribution is -1.83. The second-order valence-electron chi connectivity index (χ2n) is 8.10. The number of H-pyrrole nitrogens is 1. The molecule has 0 amide bonds. The summed E-state index contributed by atoms with van der Waals surface area (Å²) in [6.07, 6.45) is 7.73. The molecule has 0 aliphatic carbocycles. The van der Waals surface area contributed by atoms with Gasteiger partial charge in [-0.1, -0.05) is 65.1 Å². The Bertz CT molecular complexity index is 1760. The Morgan fingerprint density at radius 2 is 1.26 bits per heavy atom. The summed E-state index contributed by atoms with van der Waals surface area (Å²) in [7, 11) is 14.8. The first-order chi connectivity index (χ1) is 18.2. The zero-order valence-electron chi connectivity index (χ0n) is 19.1. The fourth-order valence-electron chi connectivity index (χ4n) is 4.09. The number of nitrogens with zero attached hydrogens (tertiary/aromatic N) is 3. The number of rotatable bonds is 1. The molecular formula is C26H14AlCl7N4. The molecule has 38 heavy (non-hydrogen) atoms. The first-order valence-corrected chi connectivity index (χ1v) is 17.7. The highest BCUT2D eigenvalue weighted by Crippen LogP contribution is 2.43. The number of fused-ring (bicyclic) bond motifs is 8. The molecule has 4 nitrogen and oxygen atoms in total. The summed E-state index contributed by atoms with van der Waals surface area (Å²) in [6, 6.07) is 17.3. The molecule has 0 atom stereocenters. The van der Waals surface area contributed by atoms with E-state index >= 15 is 0 Å². The molecule has 6 rings (SSSR count). The van der Waals surface area contributed by atoms with Gasteiger partial charge in [0.15, 0.2) is 0 Å². The maximum atomic E-state index is 6.94. The van der Waals surface area contributed by atoms with Gasteiger partial charge in [-0.2, -0.15) is 0 Å². The minimum Gasteiger partial charge on any atom is -0.353 e. The van der Waals surface area contributed by atoms with E-state index in [1.54, 1.807) is 6.07 Å². The third kappa shape index (κ3) is 5.93. The van der Waals surface area contributed by atoms with Crippen LogP contribution in [0.15, 0.2) is 54.6 Å². The Hall–Kier alpha value is -1.62. The largest absolute Gasteiger partial charge is 0.643 e. The molecule has 0 spiro atoms. The monoisotopic (exact) mass is 654 g/mol. The molecule has 0 radical (unpaired) electrons. The number of benzene rings is 1. The van der Waals surface area contributed by atoms with Crippen molar-refractivity contribution < 1.29 is 0 Å². The van der Waals surface area contributed by atoms with E-state index in [1.807, 2.05) is 72.8 Å². The van der Waals surface area contributed by atoms with Crippen molar-refractivity contribution >= 4 is 134 Å². The molecule has 12 heteroatoms. The fraction of sp³-hybridized carbons (Fsp3) is 0. The lowest BCUT2D eigenvalue weighted by Gasteiger charge is -2.00. The van der Waals surface area contributed by atoms with Gasteiger partial charge in [-0.05, 0) is 54.1 Å². The molecule has 190 valence electrons. The van der Waals surface area contributed by atoms with Crippen LogP contribution in [0.1, 0.15) is 22.8 Å². The number of hydrogen-bond donors (Lipinski definition) is 1. The van der Waals surface area contributed by atoms with E-state index in [-0.39, 0.29) is 0 Å². The van der Waals surface area contributed by atoms with Gasteiger partial charge in [0.1, 0.15) is 0 Å². The van der Waals surface area contributed by atoms with Gasteiger partial charge in [-0.15, -0.1) is 0 Å². The molecule has 8 bridgehead atoms. The van der Waals surface area contributed by atoms with Crippen molar-refractivity contribution in [2.24, 2.45) is 0 Å². The highest BCUT2D eigenvalue weighted by atomic mass is 35.8. The quantitative estimate of drug-likeness (QED) is 0.179. The van der Waals surface area contributed by atoms with Gasteiger partial charge in [-0.25, -0.2) is 44.2 Å². The SMILES string of the molecule is Clc1cc2cc3nc(cc4nc(cc5c(-c6ccccc6)c(Cl)c(c(Cl)c1[nH]2)n5Cl)C=C4)C=C3.[Cl][Al]([Cl])[Cl]. The molecule has 0 unspecified atom stereocenters. The Kier molecular flexibility index (Phi) is 8.72. The van der Waals surface area contributed by atoms with E-state index in [1.165, 1.54) is 4.09 Å². The number of aromatic nitrogens is 4. The van der Waals surface area contributed by atoms with Gasteiger partial charge < -0.3 is 4.98 Å². The molecule has 0 saturated carbocycles. The van der Waals surface area contributed by atoms with Crippen LogP contribution in [0.5, 0.6) is 0 Å². The van der Waals surface area contributed by atoms with Crippen molar-refractivity contribution in [1.82, 2.24) is 19.0 Å². The maximum Gasteiger partial charge on any atom is 0.643 e. The van der Waals surface area contributed by atoms with Gasteiger partial charge in [0, 0.05) is 22.9 Å². The van der Waals surface area contributed by atoms with Crippen LogP contribution in [-0.2, 0) is 0 Å². The summed E-state index contributed by atoms with van der Waals surface area (Å²) < 4.78 is 1.46. The van der Waals surface area contributed by atoms with Crippen molar-refractivity contribution in [2.45, 2.75) is 0 Å². The zero-order valence-corrected chi connectivity index (χ0v) is 25.5. The highest BCUT2D eigenvalue weighted by molar-refractivity contribution is 7.54. The molecule has 2 aliphatic heterocycles. The predicted molar refractivity (Wildman–Crippen MR) is 168 cm³/mol. The van der Waals surface area contributed by atoms with Gasteiger partial charge in [0.05, 0.1) is 54.4 Å². The van der Waals surface area contributed by atoms with Crippen LogP contribution in [-0.4, -0.2) is 30.4 Å². The van der Waals surface area contributed by atoms with Crippen molar-refractivity contribution in [3.05, 3.63) is 92.4 Å². The summed E-state index contributed by atoms with van der Waals surface area (Å²) in [6.45, 7) is 0. The lowest BCUT2D eigenvalue weighted by molar-refractivity contribution is 1.27. The van der Waals surface area contributed by atoms with Crippen molar-refractivity contribution in [2.75, 3.05) is 0 Å². The molecule has 0 fully saturated rings. The second kappa shape index (κ2) is 11.9. The highest BCUT2D eigenvalue weighted by Gasteiger charge is 2.20. The van der Waals surface area contributed by atoms with E-state index in [0.29, 0.717) is 31.6 Å². The molecule has 1 aromatic carbocycles. The van der Waals surface area contributed by atoms with Crippen LogP contribution < -0.4 is 0 Å². The standard InChI is InChI=1S/C26H14Cl4N4.Al.3ClH/c27-20-12-19-11-17-7-6-15(31-17)10-16-8-9-18(32-16)13-21-22(14-4-2-1-3-5-14)23(28)26(34(21)30)24(29)25(20)33-19;;;;/h1-13,33H;;3*1H/q;+3;;;/p-3. The first-order valence-electron chi connectivity index (χ1n) is 11.0. The molecule has 4 aromatic rings. The summed E-state index contributed by atoms with van der Waals surface area (Å²) in [5.41, 5.74) is 7.12. The Morgan fingerprint density at radius 1 is 0.711 bits per heavy atom. The molecular weight excluding hydrogens is 643 g/mol. The van der Waals surface area contributed by atoms with E-state index in [4.69, 9.17) is 81.7 Å². The van der Waals surface area contributed by atoms with Crippen LogP contribution in [0.3, 0.4) is 0 Å². The van der Waals surface area contributed by atoms with Crippen LogP contribution >= 0.6 is 76.7 Å². The minimum absolute atomic E-state index is 0.300. The normalized spacial score (nSPS) is 11.9. The van der Waals surface area contributed by atoms with Gasteiger partial charge in [0.2, 0.25) is 0 Å². The predicted octanol–water partition coefficient (Wildman–Crippen LogP) is 10.4. The molecule has 5 heterocycles. The van der Waals surface area contributed by atoms with E-state index < -0.39 is 11.4 Å². The van der Waals surface area contributed by atoms with Gasteiger partial charge >= 0.3 is 11.4 Å². The fourth-order valence-corrected chi connectivity index (χ4v) is 5.55. The van der Waals surface area contributed by atoms with Crippen molar-refractivity contribution in [1.29, 1.82) is 0 Å². The Morgan fingerprint density at radius 3 is 1.87 bits per heavy atom. The Labute approximate surface area is 255 Å². The van der Waals surface area contributed by atoms with Crippen LogP contribution in [0.2, 0.25) is 15.1 Å². The number of hydrogen-bond acceptors (Lipinski definition) is 2. The number of aromatic amines is 1. The third-order valence-electron chi connectivity index (χ3n) is 5.62. The first kappa shape index (κ1) is 27.9. The zero-order chi connectivity index (χ0) is 27.0. The van der Waals surface area contributed by atoms with Crippen molar-refractivity contribution in [3.63, 3.8) is 0 Å². The molecule has 1 N–H and O–H groups in total. The van der Waals surface area contributed by atoms with Gasteiger partial charge in [-0.3, -0.25) is 0 Å². The number of halogens is 7.